The average Bonchev–Trinajstić information content (AvgIpc) is 3.53. The number of aromatic nitrogens is 3. The van der Waals surface area contributed by atoms with E-state index in [9.17, 15) is 4.79 Å². The molecule has 2 aromatic heterocycles. The fraction of sp³-hybridized carbons (Fsp3) is 0.130. The van der Waals surface area contributed by atoms with Crippen LogP contribution in [0.1, 0.15) is 5.56 Å². The van der Waals surface area contributed by atoms with Crippen LogP contribution in [0.15, 0.2) is 95.4 Å². The van der Waals surface area contributed by atoms with Crippen molar-refractivity contribution in [2.45, 2.75) is 17.3 Å². The lowest BCUT2D eigenvalue weighted by molar-refractivity contribution is -0.114. The number of hydrogen-bond donors (Lipinski definition) is 1. The van der Waals surface area contributed by atoms with E-state index in [-0.39, 0.29) is 11.9 Å². The first-order valence-electron chi connectivity index (χ1n) is 9.99. The lowest BCUT2D eigenvalue weighted by Crippen LogP contribution is -2.49. The minimum Gasteiger partial charge on any atom is -0.279 e. The van der Waals surface area contributed by atoms with Crippen LogP contribution in [-0.2, 0) is 11.2 Å². The molecule has 7 nitrogen and oxygen atoms in total. The van der Waals surface area contributed by atoms with Crippen molar-refractivity contribution in [3.8, 4) is 5.69 Å². The number of hydrogen-bond acceptors (Lipinski definition) is 6. The van der Waals surface area contributed by atoms with E-state index in [2.05, 4.69) is 39.8 Å². The number of amides is 1. The van der Waals surface area contributed by atoms with Crippen molar-refractivity contribution in [1.82, 2.24) is 20.2 Å². The first-order chi connectivity index (χ1) is 15.2. The zero-order chi connectivity index (χ0) is 20.8. The average molecular weight is 427 g/mol. The van der Waals surface area contributed by atoms with Crippen molar-refractivity contribution in [3.63, 3.8) is 0 Å². The SMILES string of the molecule is O=C1C2=CC(Cc3ccc(-n4cccn4)cc3)N=C3C=CSC23NN1c1ccncc1. The highest BCUT2D eigenvalue weighted by atomic mass is 32.2. The van der Waals surface area contributed by atoms with Gasteiger partial charge in [0.1, 0.15) is 0 Å². The van der Waals surface area contributed by atoms with Crippen LogP contribution in [0.4, 0.5) is 5.69 Å². The summed E-state index contributed by atoms with van der Waals surface area (Å²) in [7, 11) is 0. The molecule has 2 atom stereocenters. The van der Waals surface area contributed by atoms with Gasteiger partial charge in [0, 0.05) is 24.8 Å². The van der Waals surface area contributed by atoms with E-state index in [1.54, 1.807) is 35.4 Å². The number of aliphatic imine (C=N–C) groups is 1. The molecule has 1 N–H and O–H groups in total. The lowest BCUT2D eigenvalue weighted by atomic mass is 9.94. The van der Waals surface area contributed by atoms with Crippen molar-refractivity contribution in [2.24, 2.45) is 4.99 Å². The number of benzene rings is 1. The Labute approximate surface area is 183 Å². The fourth-order valence-corrected chi connectivity index (χ4v) is 5.23. The van der Waals surface area contributed by atoms with Gasteiger partial charge in [0.15, 0.2) is 4.87 Å². The minimum atomic E-state index is -0.638. The maximum Gasteiger partial charge on any atom is 0.271 e. The van der Waals surface area contributed by atoms with Crippen molar-refractivity contribution >= 4 is 29.1 Å². The first kappa shape index (κ1) is 18.3. The molecule has 0 aliphatic carbocycles. The van der Waals surface area contributed by atoms with Gasteiger partial charge in [-0.1, -0.05) is 23.9 Å². The number of thioether (sulfide) groups is 1. The van der Waals surface area contributed by atoms with E-state index in [1.165, 1.54) is 0 Å². The van der Waals surface area contributed by atoms with Gasteiger partial charge in [0.2, 0.25) is 0 Å². The summed E-state index contributed by atoms with van der Waals surface area (Å²) in [5, 5.41) is 7.87. The van der Waals surface area contributed by atoms with Gasteiger partial charge >= 0.3 is 0 Å². The summed E-state index contributed by atoms with van der Waals surface area (Å²) in [5.74, 6) is -0.0474. The van der Waals surface area contributed by atoms with Gasteiger partial charge in [-0.15, -0.1) is 0 Å². The summed E-state index contributed by atoms with van der Waals surface area (Å²) < 4.78 is 1.83. The molecule has 0 saturated carbocycles. The number of pyridine rings is 1. The zero-order valence-corrected chi connectivity index (χ0v) is 17.2. The van der Waals surface area contributed by atoms with Gasteiger partial charge in [-0.3, -0.25) is 14.8 Å². The Morgan fingerprint density at radius 2 is 1.90 bits per heavy atom. The molecule has 1 amide bonds. The van der Waals surface area contributed by atoms with E-state index in [1.807, 2.05) is 46.6 Å². The molecule has 152 valence electrons. The number of dihydropyridines is 1. The number of hydrazine groups is 1. The quantitative estimate of drug-likeness (QED) is 0.694. The molecule has 3 aliphatic heterocycles. The summed E-state index contributed by atoms with van der Waals surface area (Å²) >= 11 is 1.58. The maximum absolute atomic E-state index is 13.3. The number of carbonyl (C=O) groups is 1. The predicted octanol–water partition coefficient (Wildman–Crippen LogP) is 3.07. The normalized spacial score (nSPS) is 24.1. The molecule has 1 saturated heterocycles. The standard InChI is InChI=1S/C23H18N6OS/c30-22-20-15-17(14-16-2-4-18(5-3-16)28-12-1-9-25-28)26-21-8-13-31-23(20,21)27-29(22)19-6-10-24-11-7-19/h1-13,15,17,27H,14H2. The van der Waals surface area contributed by atoms with Crippen molar-refractivity contribution in [1.29, 1.82) is 0 Å². The largest absolute Gasteiger partial charge is 0.279 e. The number of nitrogens with zero attached hydrogens (tertiary/aromatic N) is 5. The van der Waals surface area contributed by atoms with Gasteiger partial charge < -0.3 is 0 Å². The third kappa shape index (κ3) is 2.95. The lowest BCUT2D eigenvalue weighted by Gasteiger charge is -2.29. The monoisotopic (exact) mass is 426 g/mol. The predicted molar refractivity (Wildman–Crippen MR) is 121 cm³/mol. The minimum absolute atomic E-state index is 0.0474. The molecule has 8 heteroatoms. The molecule has 0 radical (unpaired) electrons. The van der Waals surface area contributed by atoms with E-state index in [4.69, 9.17) is 4.99 Å². The first-order valence-corrected chi connectivity index (χ1v) is 10.9. The molecule has 31 heavy (non-hydrogen) atoms. The van der Waals surface area contributed by atoms with Crippen LogP contribution >= 0.6 is 11.8 Å². The second-order valence-electron chi connectivity index (χ2n) is 7.54. The number of rotatable bonds is 4. The number of carbonyl (C=O) groups excluding carboxylic acids is 1. The molecule has 6 rings (SSSR count). The summed E-state index contributed by atoms with van der Waals surface area (Å²) in [5.41, 5.74) is 7.96. The van der Waals surface area contributed by atoms with Crippen LogP contribution < -0.4 is 10.4 Å². The Balaban J connectivity index is 1.29. The van der Waals surface area contributed by atoms with Gasteiger partial charge in [-0.25, -0.2) is 9.69 Å². The van der Waals surface area contributed by atoms with Gasteiger partial charge in [0.25, 0.3) is 5.91 Å². The molecular weight excluding hydrogens is 408 g/mol. The summed E-state index contributed by atoms with van der Waals surface area (Å²) in [6, 6.07) is 13.7. The zero-order valence-electron chi connectivity index (χ0n) is 16.4. The van der Waals surface area contributed by atoms with Crippen molar-refractivity contribution in [3.05, 3.63) is 95.9 Å². The molecule has 1 fully saturated rings. The molecule has 5 heterocycles. The third-order valence-electron chi connectivity index (χ3n) is 5.65. The van der Waals surface area contributed by atoms with Crippen LogP contribution in [-0.4, -0.2) is 37.3 Å². The highest BCUT2D eigenvalue weighted by molar-refractivity contribution is 8.05. The van der Waals surface area contributed by atoms with Crippen LogP contribution in [0.2, 0.25) is 0 Å². The highest BCUT2D eigenvalue weighted by Crippen LogP contribution is 2.46. The maximum atomic E-state index is 13.3. The summed E-state index contributed by atoms with van der Waals surface area (Å²) in [6.07, 6.45) is 11.8. The Kier molecular flexibility index (Phi) is 4.15. The molecule has 1 aromatic carbocycles. The molecule has 3 aliphatic rings. The van der Waals surface area contributed by atoms with Gasteiger partial charge in [-0.2, -0.15) is 10.5 Å². The number of nitrogens with one attached hydrogen (secondary N) is 1. The second-order valence-corrected chi connectivity index (χ2v) is 8.66. The van der Waals surface area contributed by atoms with Crippen LogP contribution in [0.5, 0.6) is 0 Å². The van der Waals surface area contributed by atoms with Gasteiger partial charge in [-0.05, 0) is 59.9 Å². The number of anilines is 1. The van der Waals surface area contributed by atoms with Crippen LogP contribution in [0, 0.1) is 0 Å². The van der Waals surface area contributed by atoms with E-state index < -0.39 is 4.87 Å². The van der Waals surface area contributed by atoms with E-state index in [0.29, 0.717) is 0 Å². The third-order valence-corrected chi connectivity index (χ3v) is 6.79. The van der Waals surface area contributed by atoms with Crippen molar-refractivity contribution in [2.75, 3.05) is 5.01 Å². The van der Waals surface area contributed by atoms with Gasteiger partial charge in [0.05, 0.1) is 28.7 Å². The molecular formula is C23H18N6OS. The Morgan fingerprint density at radius 3 is 2.68 bits per heavy atom. The van der Waals surface area contributed by atoms with Crippen molar-refractivity contribution < 1.29 is 4.79 Å². The van der Waals surface area contributed by atoms with Crippen LogP contribution in [0.3, 0.4) is 0 Å². The summed E-state index contributed by atoms with van der Waals surface area (Å²) in [6.45, 7) is 0. The Morgan fingerprint density at radius 1 is 1.06 bits per heavy atom. The Bertz CT molecular complexity index is 1230. The molecule has 0 bridgehead atoms. The van der Waals surface area contributed by atoms with E-state index in [0.717, 1.165) is 34.6 Å². The van der Waals surface area contributed by atoms with Crippen LogP contribution in [0.25, 0.3) is 5.69 Å². The van der Waals surface area contributed by atoms with E-state index >= 15 is 0 Å². The fourth-order valence-electron chi connectivity index (χ4n) is 4.16. The topological polar surface area (TPSA) is 75.4 Å². The Hall–Kier alpha value is -3.49. The smallest absolute Gasteiger partial charge is 0.271 e. The molecule has 3 aromatic rings. The second kappa shape index (κ2) is 7.04. The molecule has 1 spiro atoms. The highest BCUT2D eigenvalue weighted by Gasteiger charge is 2.55. The molecule has 2 unspecified atom stereocenters. The summed E-state index contributed by atoms with van der Waals surface area (Å²) in [4.78, 5) is 21.7.